The summed E-state index contributed by atoms with van der Waals surface area (Å²) in [6.45, 7) is 0.990. The van der Waals surface area contributed by atoms with Crippen molar-refractivity contribution in [2.45, 2.75) is 12.8 Å². The summed E-state index contributed by atoms with van der Waals surface area (Å²) in [7, 11) is 0. The average molecular weight is 410 g/mol. The topological polar surface area (TPSA) is 91.0 Å². The Bertz CT molecular complexity index is 1000. The molecule has 7 nitrogen and oxygen atoms in total. The van der Waals surface area contributed by atoms with Gasteiger partial charge >= 0.3 is 0 Å². The normalized spacial score (nSPS) is 16.4. The molecule has 3 aromatic rings. The zero-order valence-electron chi connectivity index (χ0n) is 15.6. The SMILES string of the molecule is O=C(Nc1ccc(Cl)cc1)C1CCCN(C(=O)c2cc(-c3cccnc3)n[nH]2)C1. The van der Waals surface area contributed by atoms with Crippen molar-refractivity contribution >= 4 is 29.1 Å². The van der Waals surface area contributed by atoms with Crippen LogP contribution in [0.1, 0.15) is 23.3 Å². The molecule has 1 fully saturated rings. The average Bonchev–Trinajstić information content (AvgIpc) is 3.26. The van der Waals surface area contributed by atoms with E-state index < -0.39 is 0 Å². The van der Waals surface area contributed by atoms with Gasteiger partial charge in [-0.05, 0) is 55.3 Å². The van der Waals surface area contributed by atoms with Crippen LogP contribution in [0.25, 0.3) is 11.3 Å². The van der Waals surface area contributed by atoms with Crippen LogP contribution in [0, 0.1) is 5.92 Å². The number of amides is 2. The number of anilines is 1. The second-order valence-corrected chi connectivity index (χ2v) is 7.43. The number of H-pyrrole nitrogens is 1. The smallest absolute Gasteiger partial charge is 0.271 e. The van der Waals surface area contributed by atoms with Crippen LogP contribution in [-0.4, -0.2) is 45.0 Å². The lowest BCUT2D eigenvalue weighted by molar-refractivity contribution is -0.121. The van der Waals surface area contributed by atoms with E-state index >= 15 is 0 Å². The summed E-state index contributed by atoms with van der Waals surface area (Å²) in [5.41, 5.74) is 2.59. The summed E-state index contributed by atoms with van der Waals surface area (Å²) in [6, 6.07) is 12.4. The van der Waals surface area contributed by atoms with Crippen LogP contribution in [0.3, 0.4) is 0 Å². The van der Waals surface area contributed by atoms with E-state index in [2.05, 4.69) is 20.5 Å². The number of hydrogen-bond donors (Lipinski definition) is 2. The lowest BCUT2D eigenvalue weighted by Crippen LogP contribution is -2.43. The van der Waals surface area contributed by atoms with Crippen LogP contribution in [0.2, 0.25) is 5.02 Å². The molecule has 1 saturated heterocycles. The number of pyridine rings is 1. The Kier molecular flexibility index (Phi) is 5.57. The summed E-state index contributed by atoms with van der Waals surface area (Å²) >= 11 is 5.88. The van der Waals surface area contributed by atoms with E-state index in [1.54, 1.807) is 47.6 Å². The van der Waals surface area contributed by atoms with Gasteiger partial charge in [0, 0.05) is 41.8 Å². The molecule has 1 unspecified atom stereocenters. The van der Waals surface area contributed by atoms with Crippen LogP contribution in [0.15, 0.2) is 54.9 Å². The molecule has 1 aliphatic heterocycles. The predicted octanol–water partition coefficient (Wildman–Crippen LogP) is 3.62. The third-order valence-corrected chi connectivity index (χ3v) is 5.21. The highest BCUT2D eigenvalue weighted by Crippen LogP contribution is 2.22. The Balaban J connectivity index is 1.41. The van der Waals surface area contributed by atoms with Crippen LogP contribution in [0.4, 0.5) is 5.69 Å². The van der Waals surface area contributed by atoms with Crippen molar-refractivity contribution < 1.29 is 9.59 Å². The van der Waals surface area contributed by atoms with E-state index in [0.29, 0.717) is 35.2 Å². The van der Waals surface area contributed by atoms with E-state index in [4.69, 9.17) is 11.6 Å². The standard InChI is InChI=1S/C21H20ClN5O2/c22-16-5-7-17(8-6-16)24-20(28)15-4-2-10-27(13-15)21(29)19-11-18(25-26-19)14-3-1-9-23-12-14/h1,3,5-9,11-12,15H,2,4,10,13H2,(H,24,28)(H,25,26). The van der Waals surface area contributed by atoms with Gasteiger partial charge in [-0.1, -0.05) is 11.6 Å². The van der Waals surface area contributed by atoms with Crippen molar-refractivity contribution in [2.75, 3.05) is 18.4 Å². The molecule has 2 N–H and O–H groups in total. The number of hydrogen-bond acceptors (Lipinski definition) is 4. The third kappa shape index (κ3) is 4.46. The van der Waals surface area contributed by atoms with Gasteiger partial charge < -0.3 is 10.2 Å². The number of aromatic amines is 1. The Hall–Kier alpha value is -3.19. The molecule has 148 valence electrons. The van der Waals surface area contributed by atoms with Crippen molar-refractivity contribution in [3.05, 3.63) is 65.6 Å². The molecule has 8 heteroatoms. The van der Waals surface area contributed by atoms with Crippen molar-refractivity contribution in [3.8, 4) is 11.3 Å². The zero-order chi connectivity index (χ0) is 20.2. The van der Waals surface area contributed by atoms with Gasteiger partial charge in [0.25, 0.3) is 5.91 Å². The van der Waals surface area contributed by atoms with Crippen LogP contribution >= 0.6 is 11.6 Å². The quantitative estimate of drug-likeness (QED) is 0.688. The molecular formula is C21H20ClN5O2. The lowest BCUT2D eigenvalue weighted by Gasteiger charge is -2.31. The van der Waals surface area contributed by atoms with Crippen molar-refractivity contribution in [1.82, 2.24) is 20.1 Å². The first-order valence-corrected chi connectivity index (χ1v) is 9.79. The summed E-state index contributed by atoms with van der Waals surface area (Å²) in [4.78, 5) is 31.3. The van der Waals surface area contributed by atoms with Gasteiger partial charge in [0.15, 0.2) is 0 Å². The number of halogens is 1. The minimum Gasteiger partial charge on any atom is -0.337 e. The molecule has 0 saturated carbocycles. The van der Waals surface area contributed by atoms with E-state index in [9.17, 15) is 9.59 Å². The Morgan fingerprint density at radius 3 is 2.79 bits per heavy atom. The maximum Gasteiger partial charge on any atom is 0.271 e. The molecule has 0 bridgehead atoms. The second kappa shape index (κ2) is 8.45. The molecule has 0 spiro atoms. The fourth-order valence-electron chi connectivity index (χ4n) is 3.42. The van der Waals surface area contributed by atoms with Gasteiger partial charge in [0.1, 0.15) is 5.69 Å². The fraction of sp³-hybridized carbons (Fsp3) is 0.238. The maximum absolute atomic E-state index is 12.9. The summed E-state index contributed by atoms with van der Waals surface area (Å²) < 4.78 is 0. The van der Waals surface area contributed by atoms with Crippen molar-refractivity contribution in [3.63, 3.8) is 0 Å². The van der Waals surface area contributed by atoms with Crippen LogP contribution in [-0.2, 0) is 4.79 Å². The number of benzene rings is 1. The van der Waals surface area contributed by atoms with E-state index in [-0.39, 0.29) is 17.7 Å². The highest BCUT2D eigenvalue weighted by molar-refractivity contribution is 6.30. The highest BCUT2D eigenvalue weighted by Gasteiger charge is 2.29. The molecule has 1 atom stereocenters. The number of likely N-dealkylation sites (tertiary alicyclic amines) is 1. The second-order valence-electron chi connectivity index (χ2n) is 7.00. The molecule has 2 aromatic heterocycles. The summed E-state index contributed by atoms with van der Waals surface area (Å²) in [5.74, 6) is -0.508. The number of nitrogens with zero attached hydrogens (tertiary/aromatic N) is 3. The van der Waals surface area contributed by atoms with Gasteiger partial charge in [-0.25, -0.2) is 0 Å². The van der Waals surface area contributed by atoms with Gasteiger partial charge in [0.2, 0.25) is 5.91 Å². The molecule has 3 heterocycles. The predicted molar refractivity (Wildman–Crippen MR) is 111 cm³/mol. The molecular weight excluding hydrogens is 390 g/mol. The molecule has 4 rings (SSSR count). The molecule has 1 aliphatic rings. The molecule has 0 radical (unpaired) electrons. The van der Waals surface area contributed by atoms with Gasteiger partial charge in [-0.3, -0.25) is 19.7 Å². The minimum absolute atomic E-state index is 0.0921. The molecule has 0 aliphatic carbocycles. The van der Waals surface area contributed by atoms with Gasteiger partial charge in [-0.15, -0.1) is 0 Å². The number of nitrogens with one attached hydrogen (secondary N) is 2. The molecule has 1 aromatic carbocycles. The van der Waals surface area contributed by atoms with Crippen molar-refractivity contribution in [2.24, 2.45) is 5.92 Å². The number of piperidine rings is 1. The Morgan fingerprint density at radius 1 is 1.21 bits per heavy atom. The fourth-order valence-corrected chi connectivity index (χ4v) is 3.54. The Labute approximate surface area is 173 Å². The Morgan fingerprint density at radius 2 is 2.03 bits per heavy atom. The zero-order valence-corrected chi connectivity index (χ0v) is 16.4. The third-order valence-electron chi connectivity index (χ3n) is 4.96. The maximum atomic E-state index is 12.9. The van der Waals surface area contributed by atoms with Crippen LogP contribution < -0.4 is 5.32 Å². The monoisotopic (exact) mass is 409 g/mol. The number of aromatic nitrogens is 3. The first-order chi connectivity index (χ1) is 14.1. The van der Waals surface area contributed by atoms with Crippen LogP contribution in [0.5, 0.6) is 0 Å². The van der Waals surface area contributed by atoms with E-state index in [0.717, 1.165) is 18.4 Å². The molecule has 29 heavy (non-hydrogen) atoms. The lowest BCUT2D eigenvalue weighted by atomic mass is 9.96. The van der Waals surface area contributed by atoms with Gasteiger partial charge in [0.05, 0.1) is 11.6 Å². The molecule has 2 amide bonds. The number of carbonyl (C=O) groups is 2. The van der Waals surface area contributed by atoms with E-state index in [1.807, 2.05) is 12.1 Å². The number of carbonyl (C=O) groups excluding carboxylic acids is 2. The summed E-state index contributed by atoms with van der Waals surface area (Å²) in [6.07, 6.45) is 4.90. The van der Waals surface area contributed by atoms with Gasteiger partial charge in [-0.2, -0.15) is 5.10 Å². The first kappa shape index (κ1) is 19.1. The largest absolute Gasteiger partial charge is 0.337 e. The van der Waals surface area contributed by atoms with Crippen molar-refractivity contribution in [1.29, 1.82) is 0 Å². The number of rotatable bonds is 4. The minimum atomic E-state index is -0.260. The summed E-state index contributed by atoms with van der Waals surface area (Å²) in [5, 5.41) is 10.5. The van der Waals surface area contributed by atoms with E-state index in [1.165, 1.54) is 0 Å². The highest BCUT2D eigenvalue weighted by atomic mass is 35.5. The first-order valence-electron chi connectivity index (χ1n) is 9.41.